The number of halogens is 1. The van der Waals surface area contributed by atoms with Gasteiger partial charge in [0.05, 0.1) is 6.26 Å². The molecule has 0 N–H and O–H groups in total. The molecule has 1 fully saturated rings. The van der Waals surface area contributed by atoms with E-state index in [1.807, 2.05) is 24.3 Å². The first kappa shape index (κ1) is 14.8. The molecule has 0 amide bonds. The Balaban J connectivity index is 1.96. The highest BCUT2D eigenvalue weighted by Gasteiger charge is 2.21. The van der Waals surface area contributed by atoms with E-state index in [9.17, 15) is 8.42 Å². The van der Waals surface area contributed by atoms with Crippen LogP contribution in [0, 0.1) is 0 Å². The van der Waals surface area contributed by atoms with Crippen LogP contribution < -0.4 is 0 Å². The highest BCUT2D eigenvalue weighted by atomic mass is 35.5. The topological polar surface area (TPSA) is 40.6 Å². The molecule has 106 valence electrons. The molecule has 0 unspecified atom stereocenters. The van der Waals surface area contributed by atoms with E-state index in [0.29, 0.717) is 13.1 Å². The van der Waals surface area contributed by atoms with Crippen LogP contribution in [0.4, 0.5) is 0 Å². The summed E-state index contributed by atoms with van der Waals surface area (Å²) in [5.74, 6) is 0. The molecular formula is C13H19ClN2O2S. The molecule has 0 aliphatic carbocycles. The van der Waals surface area contributed by atoms with Gasteiger partial charge in [-0.25, -0.2) is 12.7 Å². The van der Waals surface area contributed by atoms with Gasteiger partial charge >= 0.3 is 0 Å². The molecule has 19 heavy (non-hydrogen) atoms. The Labute approximate surface area is 120 Å². The average Bonchev–Trinajstić information content (AvgIpc) is 2.54. The van der Waals surface area contributed by atoms with Crippen LogP contribution in [0.25, 0.3) is 0 Å². The second kappa shape index (κ2) is 6.22. The molecule has 2 rings (SSSR count). The number of sulfonamides is 1. The van der Waals surface area contributed by atoms with Gasteiger partial charge in [0.15, 0.2) is 0 Å². The molecule has 0 aromatic heterocycles. The fourth-order valence-electron chi connectivity index (χ4n) is 2.33. The second-order valence-electron chi connectivity index (χ2n) is 4.92. The molecule has 1 saturated heterocycles. The van der Waals surface area contributed by atoms with Crippen molar-refractivity contribution < 1.29 is 8.42 Å². The van der Waals surface area contributed by atoms with Crippen molar-refractivity contribution in [1.29, 1.82) is 0 Å². The van der Waals surface area contributed by atoms with Gasteiger partial charge in [0.25, 0.3) is 0 Å². The Bertz CT molecular complexity index is 533. The number of hydrogen-bond acceptors (Lipinski definition) is 3. The standard InChI is InChI=1S/C13H19ClN2O2S/c1-19(17,18)16-7-3-6-15(8-9-16)11-12-4-2-5-13(14)10-12/h2,4-5,10H,3,6-9,11H2,1H3. The Morgan fingerprint density at radius 2 is 2.00 bits per heavy atom. The predicted octanol–water partition coefficient (Wildman–Crippen LogP) is 1.81. The van der Waals surface area contributed by atoms with Crippen molar-refractivity contribution in [3.05, 3.63) is 34.9 Å². The molecule has 0 radical (unpaired) electrons. The molecule has 0 saturated carbocycles. The summed E-state index contributed by atoms with van der Waals surface area (Å²) in [5.41, 5.74) is 1.17. The van der Waals surface area contributed by atoms with E-state index in [2.05, 4.69) is 4.90 Å². The number of nitrogens with zero attached hydrogens (tertiary/aromatic N) is 2. The van der Waals surface area contributed by atoms with Crippen LogP contribution in [0.1, 0.15) is 12.0 Å². The summed E-state index contributed by atoms with van der Waals surface area (Å²) in [5, 5.41) is 0.741. The summed E-state index contributed by atoms with van der Waals surface area (Å²) >= 11 is 5.97. The van der Waals surface area contributed by atoms with E-state index < -0.39 is 10.0 Å². The largest absolute Gasteiger partial charge is 0.298 e. The Hall–Kier alpha value is -0.620. The maximum absolute atomic E-state index is 11.5. The van der Waals surface area contributed by atoms with Crippen LogP contribution in [0.3, 0.4) is 0 Å². The van der Waals surface area contributed by atoms with Gasteiger partial charge < -0.3 is 0 Å². The first-order chi connectivity index (χ1) is 8.95. The monoisotopic (exact) mass is 302 g/mol. The molecule has 0 bridgehead atoms. The van der Waals surface area contributed by atoms with Crippen LogP contribution in [0.2, 0.25) is 5.02 Å². The second-order valence-corrected chi connectivity index (χ2v) is 7.34. The van der Waals surface area contributed by atoms with Gasteiger partial charge in [-0.2, -0.15) is 0 Å². The first-order valence-electron chi connectivity index (χ1n) is 6.37. The predicted molar refractivity (Wildman–Crippen MR) is 77.8 cm³/mol. The van der Waals surface area contributed by atoms with E-state index in [1.165, 1.54) is 11.8 Å². The smallest absolute Gasteiger partial charge is 0.211 e. The minimum Gasteiger partial charge on any atom is -0.298 e. The number of rotatable bonds is 3. The van der Waals surface area contributed by atoms with Gasteiger partial charge in [0.1, 0.15) is 0 Å². The molecule has 1 aliphatic heterocycles. The number of hydrogen-bond donors (Lipinski definition) is 0. The van der Waals surface area contributed by atoms with Gasteiger partial charge in [-0.1, -0.05) is 23.7 Å². The van der Waals surface area contributed by atoms with Crippen LogP contribution in [0.5, 0.6) is 0 Å². The van der Waals surface area contributed by atoms with E-state index in [4.69, 9.17) is 11.6 Å². The molecule has 0 atom stereocenters. The minimum absolute atomic E-state index is 0.569. The summed E-state index contributed by atoms with van der Waals surface area (Å²) in [6, 6.07) is 7.81. The summed E-state index contributed by atoms with van der Waals surface area (Å²) in [6.07, 6.45) is 2.15. The van der Waals surface area contributed by atoms with Crippen molar-refractivity contribution in [2.45, 2.75) is 13.0 Å². The lowest BCUT2D eigenvalue weighted by Crippen LogP contribution is -2.34. The Kier molecular flexibility index (Phi) is 4.84. The van der Waals surface area contributed by atoms with Gasteiger partial charge in [0, 0.05) is 31.2 Å². The van der Waals surface area contributed by atoms with Crippen LogP contribution in [0.15, 0.2) is 24.3 Å². The summed E-state index contributed by atoms with van der Waals surface area (Å²) in [6.45, 7) is 3.68. The zero-order chi connectivity index (χ0) is 13.9. The van der Waals surface area contributed by atoms with Gasteiger partial charge in [0.2, 0.25) is 10.0 Å². The maximum atomic E-state index is 11.5. The van der Waals surface area contributed by atoms with Crippen molar-refractivity contribution in [2.75, 3.05) is 32.4 Å². The third-order valence-electron chi connectivity index (χ3n) is 3.31. The van der Waals surface area contributed by atoms with Crippen molar-refractivity contribution >= 4 is 21.6 Å². The van der Waals surface area contributed by atoms with Gasteiger partial charge in [-0.05, 0) is 30.7 Å². The molecule has 6 heteroatoms. The molecule has 1 aromatic rings. The zero-order valence-electron chi connectivity index (χ0n) is 11.0. The number of benzene rings is 1. The lowest BCUT2D eigenvalue weighted by atomic mass is 10.2. The Morgan fingerprint density at radius 3 is 2.68 bits per heavy atom. The summed E-state index contributed by atoms with van der Waals surface area (Å²) < 4.78 is 24.6. The Morgan fingerprint density at radius 1 is 1.21 bits per heavy atom. The average molecular weight is 303 g/mol. The zero-order valence-corrected chi connectivity index (χ0v) is 12.6. The van der Waals surface area contributed by atoms with E-state index in [-0.39, 0.29) is 0 Å². The third kappa shape index (κ3) is 4.45. The molecular weight excluding hydrogens is 284 g/mol. The van der Waals surface area contributed by atoms with Gasteiger partial charge in [-0.15, -0.1) is 0 Å². The fourth-order valence-corrected chi connectivity index (χ4v) is 3.42. The quantitative estimate of drug-likeness (QED) is 0.855. The maximum Gasteiger partial charge on any atom is 0.211 e. The normalized spacial score (nSPS) is 19.3. The van der Waals surface area contributed by atoms with Gasteiger partial charge in [-0.3, -0.25) is 4.90 Å². The molecule has 1 heterocycles. The molecule has 1 aliphatic rings. The minimum atomic E-state index is -3.07. The molecule has 4 nitrogen and oxygen atoms in total. The SMILES string of the molecule is CS(=O)(=O)N1CCCN(Cc2cccc(Cl)c2)CC1. The third-order valence-corrected chi connectivity index (χ3v) is 4.85. The van der Waals surface area contributed by atoms with Crippen molar-refractivity contribution in [3.63, 3.8) is 0 Å². The highest BCUT2D eigenvalue weighted by Crippen LogP contribution is 2.14. The van der Waals surface area contributed by atoms with E-state index >= 15 is 0 Å². The highest BCUT2D eigenvalue weighted by molar-refractivity contribution is 7.88. The lowest BCUT2D eigenvalue weighted by Gasteiger charge is -2.20. The van der Waals surface area contributed by atoms with E-state index in [1.54, 1.807) is 4.31 Å². The van der Waals surface area contributed by atoms with Crippen LogP contribution in [-0.4, -0.2) is 50.1 Å². The fraction of sp³-hybridized carbons (Fsp3) is 0.538. The van der Waals surface area contributed by atoms with Crippen LogP contribution in [-0.2, 0) is 16.6 Å². The van der Waals surface area contributed by atoms with Crippen LogP contribution >= 0.6 is 11.6 Å². The molecule has 0 spiro atoms. The summed E-state index contributed by atoms with van der Waals surface area (Å²) in [7, 11) is -3.07. The lowest BCUT2D eigenvalue weighted by molar-refractivity contribution is 0.279. The summed E-state index contributed by atoms with van der Waals surface area (Å²) in [4.78, 5) is 2.27. The van der Waals surface area contributed by atoms with Crippen molar-refractivity contribution in [1.82, 2.24) is 9.21 Å². The van der Waals surface area contributed by atoms with Crippen molar-refractivity contribution in [2.24, 2.45) is 0 Å². The first-order valence-corrected chi connectivity index (χ1v) is 8.60. The molecule has 1 aromatic carbocycles. The van der Waals surface area contributed by atoms with E-state index in [0.717, 1.165) is 31.1 Å². The van der Waals surface area contributed by atoms with Crippen molar-refractivity contribution in [3.8, 4) is 0 Å².